The highest BCUT2D eigenvalue weighted by atomic mass is 35.5. The zero-order chi connectivity index (χ0) is 18.7. The summed E-state index contributed by atoms with van der Waals surface area (Å²) in [5, 5.41) is 8.55. The molecule has 0 aliphatic heterocycles. The zero-order valence-electron chi connectivity index (χ0n) is 14.3. The highest BCUT2D eigenvalue weighted by Gasteiger charge is 2.35. The van der Waals surface area contributed by atoms with E-state index in [2.05, 4.69) is 6.92 Å². The summed E-state index contributed by atoms with van der Waals surface area (Å²) >= 11 is 12.2. The van der Waals surface area contributed by atoms with Gasteiger partial charge in [0.1, 0.15) is 11.5 Å². The molecule has 0 aliphatic rings. The number of hydrogen-bond acceptors (Lipinski definition) is 4. The molecule has 0 radical (unpaired) electrons. The van der Waals surface area contributed by atoms with Crippen LogP contribution in [0, 0.1) is 0 Å². The van der Waals surface area contributed by atoms with Crippen LogP contribution in [0.1, 0.15) is 51.9 Å². The Kier molecular flexibility index (Phi) is 9.68. The summed E-state index contributed by atoms with van der Waals surface area (Å²) in [6, 6.07) is 5.99. The summed E-state index contributed by atoms with van der Waals surface area (Å²) in [6.45, 7) is 1.72. The molecule has 0 saturated carbocycles. The third-order valence-corrected chi connectivity index (χ3v) is 4.23. The van der Waals surface area contributed by atoms with E-state index in [1.807, 2.05) is 0 Å². The number of rotatable bonds is 12. The third kappa shape index (κ3) is 8.98. The molecule has 140 valence electrons. The van der Waals surface area contributed by atoms with Gasteiger partial charge in [-0.25, -0.2) is 9.59 Å². The Morgan fingerprint density at radius 2 is 1.56 bits per heavy atom. The maximum atomic E-state index is 12.1. The molecule has 0 atom stereocenters. The minimum absolute atomic E-state index is 0.265. The monoisotopic (exact) mass is 390 g/mol. The first-order valence-corrected chi connectivity index (χ1v) is 9.15. The summed E-state index contributed by atoms with van der Waals surface area (Å²) < 4.78 is 8.60. The lowest BCUT2D eigenvalue weighted by Gasteiger charge is -2.17. The fraction of sp³-hybridized carbons (Fsp3) is 0.556. The van der Waals surface area contributed by atoms with Crippen LogP contribution in [-0.2, 0) is 9.59 Å². The third-order valence-electron chi connectivity index (χ3n) is 3.54. The number of aliphatic carboxylic acids is 1. The van der Waals surface area contributed by atoms with Crippen LogP contribution in [0.3, 0.4) is 0 Å². The smallest absolute Gasteiger partial charge is 0.348 e. The highest BCUT2D eigenvalue weighted by molar-refractivity contribution is 6.57. The van der Waals surface area contributed by atoms with Gasteiger partial charge in [-0.1, -0.05) is 62.2 Å². The lowest BCUT2D eigenvalue weighted by Crippen LogP contribution is -2.30. The first-order valence-electron chi connectivity index (χ1n) is 8.40. The van der Waals surface area contributed by atoms with E-state index in [1.54, 1.807) is 0 Å². The van der Waals surface area contributed by atoms with E-state index in [4.69, 9.17) is 37.8 Å². The largest absolute Gasteiger partial charge is 0.482 e. The van der Waals surface area contributed by atoms with Gasteiger partial charge in [0.05, 0.1) is 0 Å². The van der Waals surface area contributed by atoms with Crippen LogP contribution >= 0.6 is 23.2 Å². The molecule has 1 aromatic rings. The predicted molar refractivity (Wildman–Crippen MR) is 97.6 cm³/mol. The summed E-state index contributed by atoms with van der Waals surface area (Å²) in [7, 11) is 0. The van der Waals surface area contributed by atoms with Crippen molar-refractivity contribution in [2.75, 3.05) is 6.61 Å². The second kappa shape index (κ2) is 11.2. The Morgan fingerprint density at radius 3 is 2.16 bits per heavy atom. The second-order valence-corrected chi connectivity index (χ2v) is 7.25. The van der Waals surface area contributed by atoms with Crippen LogP contribution < -0.4 is 9.47 Å². The number of carbonyl (C=O) groups is 2. The number of hydrogen-bond donors (Lipinski definition) is 1. The van der Waals surface area contributed by atoms with Gasteiger partial charge in [0, 0.05) is 0 Å². The molecule has 1 N–H and O–H groups in total. The van der Waals surface area contributed by atoms with Gasteiger partial charge in [0.2, 0.25) is 4.33 Å². The molecule has 0 unspecified atom stereocenters. The first-order chi connectivity index (χ1) is 11.8. The molecule has 1 aromatic carbocycles. The van der Waals surface area contributed by atoms with Crippen molar-refractivity contribution in [1.82, 2.24) is 0 Å². The fourth-order valence-corrected chi connectivity index (χ4v) is 2.50. The van der Waals surface area contributed by atoms with Crippen molar-refractivity contribution in [3.63, 3.8) is 0 Å². The average Bonchev–Trinajstić information content (AvgIpc) is 2.57. The van der Waals surface area contributed by atoms with Gasteiger partial charge in [0.15, 0.2) is 6.61 Å². The molecule has 5 nitrogen and oxygen atoms in total. The van der Waals surface area contributed by atoms with Crippen LogP contribution in [-0.4, -0.2) is 28.0 Å². The summed E-state index contributed by atoms with van der Waals surface area (Å²) in [5.74, 6) is -1.17. The van der Waals surface area contributed by atoms with E-state index in [0.29, 0.717) is 12.2 Å². The Labute approximate surface area is 158 Å². The van der Waals surface area contributed by atoms with Gasteiger partial charge in [-0.2, -0.15) is 0 Å². The summed E-state index contributed by atoms with van der Waals surface area (Å²) in [6.07, 6.45) is 6.74. The number of esters is 1. The van der Waals surface area contributed by atoms with Crippen molar-refractivity contribution in [3.05, 3.63) is 24.3 Å². The van der Waals surface area contributed by atoms with Gasteiger partial charge in [-0.15, -0.1) is 0 Å². The molecule has 0 heterocycles. The predicted octanol–water partition coefficient (Wildman–Crippen LogP) is 4.98. The van der Waals surface area contributed by atoms with Crippen LogP contribution in [0.25, 0.3) is 0 Å². The number of alkyl halides is 2. The summed E-state index contributed by atoms with van der Waals surface area (Å²) in [5.41, 5.74) is 0. The molecule has 0 aliphatic carbocycles. The number of unbranched alkanes of at least 4 members (excludes halogenated alkanes) is 5. The maximum Gasteiger partial charge on any atom is 0.348 e. The van der Waals surface area contributed by atoms with E-state index < -0.39 is 22.9 Å². The lowest BCUT2D eigenvalue weighted by atomic mass is 10.1. The van der Waals surface area contributed by atoms with E-state index >= 15 is 0 Å². The van der Waals surface area contributed by atoms with Crippen molar-refractivity contribution in [2.24, 2.45) is 0 Å². The fourth-order valence-electron chi connectivity index (χ4n) is 2.16. The van der Waals surface area contributed by atoms with Gasteiger partial charge in [0.25, 0.3) is 0 Å². The van der Waals surface area contributed by atoms with E-state index in [9.17, 15) is 9.59 Å². The van der Waals surface area contributed by atoms with Crippen molar-refractivity contribution < 1.29 is 24.2 Å². The van der Waals surface area contributed by atoms with Crippen LogP contribution in [0.5, 0.6) is 11.5 Å². The molecule has 1 rings (SSSR count). The SMILES string of the molecule is CCCCCCCCC(Cl)(Cl)C(=O)Oc1ccc(OCC(=O)O)cc1. The molecule has 0 aromatic heterocycles. The quantitative estimate of drug-likeness (QED) is 0.235. The van der Waals surface area contributed by atoms with E-state index in [1.165, 1.54) is 43.5 Å². The molecular weight excluding hydrogens is 367 g/mol. The minimum Gasteiger partial charge on any atom is -0.482 e. The molecular formula is C18H24Cl2O5. The van der Waals surface area contributed by atoms with Crippen molar-refractivity contribution in [3.8, 4) is 11.5 Å². The number of halogens is 2. The Morgan fingerprint density at radius 1 is 1.00 bits per heavy atom. The van der Waals surface area contributed by atoms with Crippen LogP contribution in [0.15, 0.2) is 24.3 Å². The number of carboxylic acids is 1. The standard InChI is InChI=1S/C18H24Cl2O5/c1-2-3-4-5-6-7-12-18(19,20)17(23)25-15-10-8-14(9-11-15)24-13-16(21)22/h8-11H,2-7,12-13H2,1H3,(H,21,22). The minimum atomic E-state index is -1.58. The maximum absolute atomic E-state index is 12.1. The number of carbonyl (C=O) groups excluding carboxylic acids is 1. The average molecular weight is 391 g/mol. The van der Waals surface area contributed by atoms with Gasteiger partial charge in [-0.3, -0.25) is 0 Å². The number of carboxylic acid groups (broad SMARTS) is 1. The number of benzene rings is 1. The van der Waals surface area contributed by atoms with Gasteiger partial charge < -0.3 is 14.6 Å². The number of ether oxygens (including phenoxy) is 2. The Bertz CT molecular complexity index is 543. The second-order valence-electron chi connectivity index (χ2n) is 5.77. The van der Waals surface area contributed by atoms with Crippen molar-refractivity contribution in [2.45, 2.75) is 56.2 Å². The van der Waals surface area contributed by atoms with E-state index in [0.717, 1.165) is 19.3 Å². The molecule has 25 heavy (non-hydrogen) atoms. The molecule has 7 heteroatoms. The summed E-state index contributed by atoms with van der Waals surface area (Å²) in [4.78, 5) is 22.5. The van der Waals surface area contributed by atoms with E-state index in [-0.39, 0.29) is 5.75 Å². The van der Waals surface area contributed by atoms with Crippen molar-refractivity contribution in [1.29, 1.82) is 0 Å². The molecule has 0 fully saturated rings. The van der Waals surface area contributed by atoms with Gasteiger partial charge >= 0.3 is 11.9 Å². The Hall–Kier alpha value is -1.46. The van der Waals surface area contributed by atoms with Gasteiger partial charge in [-0.05, 0) is 37.1 Å². The van der Waals surface area contributed by atoms with Crippen LogP contribution in [0.4, 0.5) is 0 Å². The molecule has 0 bridgehead atoms. The molecule has 0 spiro atoms. The normalized spacial score (nSPS) is 11.2. The molecule has 0 saturated heterocycles. The first kappa shape index (κ1) is 21.6. The van der Waals surface area contributed by atoms with Crippen molar-refractivity contribution >= 4 is 35.1 Å². The van der Waals surface area contributed by atoms with Crippen LogP contribution in [0.2, 0.25) is 0 Å². The zero-order valence-corrected chi connectivity index (χ0v) is 15.8. The Balaban J connectivity index is 2.41. The lowest BCUT2D eigenvalue weighted by molar-refractivity contribution is -0.139. The molecule has 0 amide bonds. The highest BCUT2D eigenvalue weighted by Crippen LogP contribution is 2.31. The topological polar surface area (TPSA) is 72.8 Å².